The molecule has 0 aliphatic heterocycles. The lowest BCUT2D eigenvalue weighted by Crippen LogP contribution is -2.23. The van der Waals surface area contributed by atoms with Crippen molar-refractivity contribution in [3.63, 3.8) is 0 Å². The molecule has 0 spiro atoms. The third-order valence-electron chi connectivity index (χ3n) is 2.09. The van der Waals surface area contributed by atoms with Gasteiger partial charge >= 0.3 is 5.97 Å². The van der Waals surface area contributed by atoms with Crippen LogP contribution in [-0.4, -0.2) is 47.6 Å². The van der Waals surface area contributed by atoms with Crippen molar-refractivity contribution in [2.45, 2.75) is 6.42 Å². The van der Waals surface area contributed by atoms with Crippen LogP contribution in [0.4, 0.5) is 0 Å². The summed E-state index contributed by atoms with van der Waals surface area (Å²) in [6.45, 7) is 0.128. The van der Waals surface area contributed by atoms with Gasteiger partial charge in [-0.05, 0) is 6.07 Å². The number of rotatable bonds is 5. The molecule has 0 bridgehead atoms. The summed E-state index contributed by atoms with van der Waals surface area (Å²) in [6.07, 6.45) is 2.89. The van der Waals surface area contributed by atoms with Crippen molar-refractivity contribution in [1.29, 1.82) is 0 Å². The molecule has 1 rings (SSSR count). The van der Waals surface area contributed by atoms with Gasteiger partial charge in [0.15, 0.2) is 5.75 Å². The molecule has 0 aliphatic rings. The normalized spacial score (nSPS) is 9.76. The standard InChI is InChI=1S/C11H14N2O4/c1-13(2)10(14)4-6-17-9-7-12-5-3-8(9)11(15)16/h3,5,7H,4,6H2,1-2H3,(H,15,16). The predicted molar refractivity (Wildman–Crippen MR) is 60.0 cm³/mol. The van der Waals surface area contributed by atoms with E-state index in [2.05, 4.69) is 4.98 Å². The van der Waals surface area contributed by atoms with E-state index in [1.54, 1.807) is 14.1 Å². The molecule has 0 saturated carbocycles. The van der Waals surface area contributed by atoms with Crippen molar-refractivity contribution in [3.8, 4) is 5.75 Å². The zero-order valence-corrected chi connectivity index (χ0v) is 9.71. The van der Waals surface area contributed by atoms with Crippen molar-refractivity contribution in [2.75, 3.05) is 20.7 Å². The fraction of sp³-hybridized carbons (Fsp3) is 0.364. The summed E-state index contributed by atoms with van der Waals surface area (Å²) in [5.41, 5.74) is 0.0392. The smallest absolute Gasteiger partial charge is 0.339 e. The first-order valence-electron chi connectivity index (χ1n) is 5.02. The van der Waals surface area contributed by atoms with E-state index in [0.29, 0.717) is 0 Å². The first kappa shape index (κ1) is 13.0. The number of pyridine rings is 1. The highest BCUT2D eigenvalue weighted by molar-refractivity contribution is 5.90. The van der Waals surface area contributed by atoms with Crippen molar-refractivity contribution < 1.29 is 19.4 Å². The second kappa shape index (κ2) is 5.83. The monoisotopic (exact) mass is 238 g/mol. The molecule has 1 heterocycles. The maximum Gasteiger partial charge on any atom is 0.339 e. The molecule has 0 fully saturated rings. The predicted octanol–water partition coefficient (Wildman–Crippen LogP) is 0.637. The van der Waals surface area contributed by atoms with Crippen molar-refractivity contribution in [1.82, 2.24) is 9.88 Å². The topological polar surface area (TPSA) is 79.7 Å². The summed E-state index contributed by atoms with van der Waals surface area (Å²) in [7, 11) is 3.30. The Morgan fingerprint density at radius 2 is 2.18 bits per heavy atom. The van der Waals surface area contributed by atoms with Crippen LogP contribution in [0.3, 0.4) is 0 Å². The van der Waals surface area contributed by atoms with Crippen LogP contribution in [0.25, 0.3) is 0 Å². The Balaban J connectivity index is 2.58. The van der Waals surface area contributed by atoms with Gasteiger partial charge in [-0.3, -0.25) is 9.78 Å². The van der Waals surface area contributed by atoms with Crippen LogP contribution in [0.1, 0.15) is 16.8 Å². The maximum absolute atomic E-state index is 11.3. The Kier molecular flexibility index (Phi) is 4.45. The number of carbonyl (C=O) groups excluding carboxylic acids is 1. The number of aromatic carboxylic acids is 1. The summed E-state index contributed by atoms with van der Waals surface area (Å²) in [6, 6.07) is 1.35. The van der Waals surface area contributed by atoms with Crippen LogP contribution < -0.4 is 4.74 Å². The lowest BCUT2D eigenvalue weighted by Gasteiger charge is -2.11. The number of aromatic nitrogens is 1. The van der Waals surface area contributed by atoms with E-state index in [1.807, 2.05) is 0 Å². The fourth-order valence-electron chi connectivity index (χ4n) is 1.14. The highest BCUT2D eigenvalue weighted by Crippen LogP contribution is 2.16. The Bertz CT molecular complexity index is 418. The molecule has 17 heavy (non-hydrogen) atoms. The first-order valence-corrected chi connectivity index (χ1v) is 5.02. The van der Waals surface area contributed by atoms with Gasteiger partial charge in [-0.15, -0.1) is 0 Å². The van der Waals surface area contributed by atoms with Gasteiger partial charge in [0.1, 0.15) is 5.56 Å². The molecule has 0 aromatic carbocycles. The van der Waals surface area contributed by atoms with Gasteiger partial charge < -0.3 is 14.7 Å². The molecule has 6 nitrogen and oxygen atoms in total. The van der Waals surface area contributed by atoms with Gasteiger partial charge in [0.2, 0.25) is 5.91 Å². The molecule has 1 N–H and O–H groups in total. The number of nitrogens with zero attached hydrogens (tertiary/aromatic N) is 2. The number of hydrogen-bond donors (Lipinski definition) is 1. The zero-order valence-electron chi connectivity index (χ0n) is 9.71. The second-order valence-electron chi connectivity index (χ2n) is 3.56. The van der Waals surface area contributed by atoms with Crippen LogP contribution >= 0.6 is 0 Å². The van der Waals surface area contributed by atoms with E-state index < -0.39 is 5.97 Å². The Labute approximate surface area is 98.8 Å². The lowest BCUT2D eigenvalue weighted by molar-refractivity contribution is -0.129. The van der Waals surface area contributed by atoms with Gasteiger partial charge in [0.05, 0.1) is 19.2 Å². The summed E-state index contributed by atoms with van der Waals surface area (Å²) in [5.74, 6) is -0.987. The molecule has 1 aromatic heterocycles. The SMILES string of the molecule is CN(C)C(=O)CCOc1cnccc1C(=O)O. The maximum atomic E-state index is 11.3. The summed E-state index contributed by atoms with van der Waals surface area (Å²) in [5, 5.41) is 8.88. The molecule has 0 radical (unpaired) electrons. The second-order valence-corrected chi connectivity index (χ2v) is 3.56. The average molecular weight is 238 g/mol. The van der Waals surface area contributed by atoms with Crippen LogP contribution in [0, 0.1) is 0 Å². The average Bonchev–Trinajstić information content (AvgIpc) is 2.29. The van der Waals surface area contributed by atoms with E-state index in [9.17, 15) is 9.59 Å². The quantitative estimate of drug-likeness (QED) is 0.814. The summed E-state index contributed by atoms with van der Waals surface area (Å²) in [4.78, 5) is 27.3. The molecule has 0 aliphatic carbocycles. The van der Waals surface area contributed by atoms with Gasteiger partial charge in [-0.2, -0.15) is 0 Å². The van der Waals surface area contributed by atoms with E-state index in [0.717, 1.165) is 0 Å². The highest BCUT2D eigenvalue weighted by atomic mass is 16.5. The van der Waals surface area contributed by atoms with E-state index >= 15 is 0 Å². The summed E-state index contributed by atoms with van der Waals surface area (Å²) < 4.78 is 5.23. The van der Waals surface area contributed by atoms with E-state index in [-0.39, 0.29) is 30.2 Å². The fourth-order valence-corrected chi connectivity index (χ4v) is 1.14. The summed E-state index contributed by atoms with van der Waals surface area (Å²) >= 11 is 0. The van der Waals surface area contributed by atoms with Gasteiger partial charge in [0.25, 0.3) is 0 Å². The zero-order chi connectivity index (χ0) is 12.8. The Hall–Kier alpha value is -2.11. The van der Waals surface area contributed by atoms with Crippen LogP contribution in [0.15, 0.2) is 18.5 Å². The minimum Gasteiger partial charge on any atom is -0.491 e. The van der Waals surface area contributed by atoms with Crippen LogP contribution in [0.5, 0.6) is 5.75 Å². The molecular formula is C11H14N2O4. The molecule has 0 saturated heterocycles. The van der Waals surface area contributed by atoms with Crippen LogP contribution in [0.2, 0.25) is 0 Å². The Morgan fingerprint density at radius 1 is 1.47 bits per heavy atom. The van der Waals surface area contributed by atoms with Gasteiger partial charge in [-0.1, -0.05) is 0 Å². The number of carboxylic acids is 1. The first-order chi connectivity index (χ1) is 8.02. The van der Waals surface area contributed by atoms with Gasteiger partial charge in [0, 0.05) is 20.3 Å². The molecule has 0 atom stereocenters. The molecule has 92 valence electrons. The van der Waals surface area contributed by atoms with Crippen molar-refractivity contribution in [3.05, 3.63) is 24.0 Å². The molecule has 1 aromatic rings. The highest BCUT2D eigenvalue weighted by Gasteiger charge is 2.11. The third-order valence-corrected chi connectivity index (χ3v) is 2.09. The molecule has 6 heteroatoms. The molecule has 0 unspecified atom stereocenters. The van der Waals surface area contributed by atoms with E-state index in [4.69, 9.17) is 9.84 Å². The lowest BCUT2D eigenvalue weighted by atomic mass is 10.2. The number of amides is 1. The van der Waals surface area contributed by atoms with Crippen molar-refractivity contribution in [2.24, 2.45) is 0 Å². The molecular weight excluding hydrogens is 224 g/mol. The minimum atomic E-state index is -1.08. The Morgan fingerprint density at radius 3 is 2.76 bits per heavy atom. The number of carboxylic acid groups (broad SMARTS) is 1. The number of ether oxygens (including phenoxy) is 1. The largest absolute Gasteiger partial charge is 0.491 e. The number of hydrogen-bond acceptors (Lipinski definition) is 4. The van der Waals surface area contributed by atoms with Crippen molar-refractivity contribution >= 4 is 11.9 Å². The van der Waals surface area contributed by atoms with Crippen LogP contribution in [-0.2, 0) is 4.79 Å². The minimum absolute atomic E-state index is 0.0392. The van der Waals surface area contributed by atoms with Gasteiger partial charge in [-0.25, -0.2) is 4.79 Å². The molecule has 1 amide bonds. The van der Waals surface area contributed by atoms with E-state index in [1.165, 1.54) is 23.4 Å². The third kappa shape index (κ3) is 3.75. The number of carbonyl (C=O) groups is 2.